The molecule has 2 rings (SSSR count). The second-order valence-electron chi connectivity index (χ2n) is 3.76. The van der Waals surface area contributed by atoms with Crippen LogP contribution in [0.25, 0.3) is 6.08 Å². The topological polar surface area (TPSA) is 86.6 Å². The number of hydrogen-bond donors (Lipinski definition) is 1. The molecule has 3 N–H and O–H groups in total. The highest BCUT2D eigenvalue weighted by Gasteiger charge is 2.01. The van der Waals surface area contributed by atoms with Gasteiger partial charge in [-0.2, -0.15) is 0 Å². The van der Waals surface area contributed by atoms with Gasteiger partial charge in [-0.15, -0.1) is 12.4 Å². The standard InChI is InChI=1S/C13H11BrN2O2.ClH.H2O/c14-12-7-10(2-4-13(17)18)1-3-11(12)8-16-6-5-15-9-16;;/h1-7,9H,8H2,(H,17,18);1H;1H2. The number of carbonyl (C=O) groups is 1. The van der Waals surface area contributed by atoms with Crippen molar-refractivity contribution in [1.29, 1.82) is 0 Å². The number of nitrogens with zero attached hydrogens (tertiary/aromatic N) is 2. The number of aromatic nitrogens is 2. The maximum absolute atomic E-state index is 10.4. The van der Waals surface area contributed by atoms with Crippen molar-refractivity contribution in [2.45, 2.75) is 6.54 Å². The van der Waals surface area contributed by atoms with E-state index in [4.69, 9.17) is 5.11 Å². The summed E-state index contributed by atoms with van der Waals surface area (Å²) < 4.78 is 2.91. The van der Waals surface area contributed by atoms with E-state index < -0.39 is 5.97 Å². The molecule has 5 nitrogen and oxygen atoms in total. The summed E-state index contributed by atoms with van der Waals surface area (Å²) in [5.41, 5.74) is 1.96. The third-order valence-corrected chi connectivity index (χ3v) is 3.15. The normalized spacial score (nSPS) is 9.85. The summed E-state index contributed by atoms with van der Waals surface area (Å²) in [4.78, 5) is 14.4. The smallest absolute Gasteiger partial charge is 0.328 e. The summed E-state index contributed by atoms with van der Waals surface area (Å²) in [5, 5.41) is 8.56. The fraction of sp³-hybridized carbons (Fsp3) is 0.0769. The van der Waals surface area contributed by atoms with Crippen LogP contribution in [-0.4, -0.2) is 26.1 Å². The SMILES string of the molecule is Cl.O.O=C(O)C=Cc1ccc(Cn2ccnc2)c(Br)c1. The first-order chi connectivity index (χ1) is 8.65. The molecule has 7 heteroatoms. The molecule has 2 aromatic rings. The van der Waals surface area contributed by atoms with Crippen LogP contribution in [0, 0.1) is 0 Å². The van der Waals surface area contributed by atoms with E-state index in [0.29, 0.717) is 0 Å². The van der Waals surface area contributed by atoms with Gasteiger partial charge in [-0.3, -0.25) is 0 Å². The minimum Gasteiger partial charge on any atom is -0.478 e. The molecule has 0 saturated heterocycles. The Bertz CT molecular complexity index is 585. The number of hydrogen-bond acceptors (Lipinski definition) is 2. The van der Waals surface area contributed by atoms with E-state index in [2.05, 4.69) is 20.9 Å². The van der Waals surface area contributed by atoms with Gasteiger partial charge in [0.2, 0.25) is 0 Å². The van der Waals surface area contributed by atoms with Crippen LogP contribution < -0.4 is 0 Å². The molecule has 0 bridgehead atoms. The van der Waals surface area contributed by atoms with E-state index in [9.17, 15) is 4.79 Å². The molecule has 1 aromatic heterocycles. The predicted octanol–water partition coefficient (Wildman–Crippen LogP) is 2.39. The number of benzene rings is 1. The van der Waals surface area contributed by atoms with Crippen molar-refractivity contribution >= 4 is 40.4 Å². The third-order valence-electron chi connectivity index (χ3n) is 2.41. The molecule has 0 aliphatic heterocycles. The van der Waals surface area contributed by atoms with Gasteiger partial charge in [0.05, 0.1) is 6.33 Å². The predicted molar refractivity (Wildman–Crippen MR) is 83.0 cm³/mol. The molecule has 0 fully saturated rings. The molecule has 20 heavy (non-hydrogen) atoms. The molecule has 0 aliphatic rings. The number of carboxylic acid groups (broad SMARTS) is 1. The van der Waals surface area contributed by atoms with E-state index in [1.54, 1.807) is 18.6 Å². The average molecular weight is 362 g/mol. The van der Waals surface area contributed by atoms with Gasteiger partial charge in [0.15, 0.2) is 0 Å². The summed E-state index contributed by atoms with van der Waals surface area (Å²) in [5.74, 6) is -0.950. The fourth-order valence-electron chi connectivity index (χ4n) is 1.54. The van der Waals surface area contributed by atoms with Gasteiger partial charge >= 0.3 is 5.97 Å². The van der Waals surface area contributed by atoms with Gasteiger partial charge < -0.3 is 15.1 Å². The molecular formula is C13H14BrClN2O3. The van der Waals surface area contributed by atoms with Gasteiger partial charge in [-0.05, 0) is 23.3 Å². The molecule has 108 valence electrons. The van der Waals surface area contributed by atoms with Crippen LogP contribution in [0.1, 0.15) is 11.1 Å². The van der Waals surface area contributed by atoms with Crippen molar-refractivity contribution in [2.24, 2.45) is 0 Å². The largest absolute Gasteiger partial charge is 0.478 e. The summed E-state index contributed by atoms with van der Waals surface area (Å²) in [6, 6.07) is 5.74. The Morgan fingerprint density at radius 1 is 1.45 bits per heavy atom. The van der Waals surface area contributed by atoms with Crippen LogP contribution in [0.5, 0.6) is 0 Å². The number of carboxylic acids is 1. The molecule has 0 aliphatic carbocycles. The van der Waals surface area contributed by atoms with Gasteiger partial charge in [-0.1, -0.05) is 28.1 Å². The van der Waals surface area contributed by atoms with Crippen LogP contribution in [-0.2, 0) is 11.3 Å². The minimum absolute atomic E-state index is 0. The quantitative estimate of drug-likeness (QED) is 0.848. The summed E-state index contributed by atoms with van der Waals surface area (Å²) in [7, 11) is 0. The van der Waals surface area contributed by atoms with Crippen molar-refractivity contribution in [1.82, 2.24) is 9.55 Å². The lowest BCUT2D eigenvalue weighted by molar-refractivity contribution is -0.131. The third kappa shape index (κ3) is 5.16. The zero-order valence-corrected chi connectivity index (χ0v) is 12.8. The van der Waals surface area contributed by atoms with E-state index in [-0.39, 0.29) is 17.9 Å². The summed E-state index contributed by atoms with van der Waals surface area (Å²) in [6.45, 7) is 0.726. The highest BCUT2D eigenvalue weighted by atomic mass is 79.9. The lowest BCUT2D eigenvalue weighted by Gasteiger charge is -2.06. The van der Waals surface area contributed by atoms with Crippen molar-refractivity contribution in [3.05, 3.63) is 58.6 Å². The van der Waals surface area contributed by atoms with E-state index in [1.807, 2.05) is 29.0 Å². The number of aliphatic carboxylic acids is 1. The molecule has 1 heterocycles. The van der Waals surface area contributed by atoms with Gasteiger partial charge in [-0.25, -0.2) is 9.78 Å². The Kier molecular flexibility index (Phi) is 7.83. The van der Waals surface area contributed by atoms with Crippen molar-refractivity contribution in [2.75, 3.05) is 0 Å². The Morgan fingerprint density at radius 3 is 2.75 bits per heavy atom. The van der Waals surface area contributed by atoms with Crippen LogP contribution in [0.15, 0.2) is 47.5 Å². The maximum Gasteiger partial charge on any atom is 0.328 e. The summed E-state index contributed by atoms with van der Waals surface area (Å²) in [6.07, 6.45) is 8.07. The second-order valence-corrected chi connectivity index (χ2v) is 4.61. The Labute approximate surface area is 130 Å². The monoisotopic (exact) mass is 360 g/mol. The van der Waals surface area contributed by atoms with Gasteiger partial charge in [0, 0.05) is 29.5 Å². The molecule has 0 unspecified atom stereocenters. The number of rotatable bonds is 4. The number of imidazole rings is 1. The highest BCUT2D eigenvalue weighted by Crippen LogP contribution is 2.20. The Hall–Kier alpha value is -1.63. The highest BCUT2D eigenvalue weighted by molar-refractivity contribution is 9.10. The first-order valence-corrected chi connectivity index (χ1v) is 6.09. The number of halogens is 2. The Morgan fingerprint density at radius 2 is 2.20 bits per heavy atom. The van der Waals surface area contributed by atoms with Crippen molar-refractivity contribution in [3.8, 4) is 0 Å². The van der Waals surface area contributed by atoms with E-state index >= 15 is 0 Å². The van der Waals surface area contributed by atoms with Crippen LogP contribution in [0.4, 0.5) is 0 Å². The zero-order chi connectivity index (χ0) is 13.0. The maximum atomic E-state index is 10.4. The molecule has 0 radical (unpaired) electrons. The van der Waals surface area contributed by atoms with Crippen molar-refractivity contribution in [3.63, 3.8) is 0 Å². The Balaban J connectivity index is 0.00000180. The van der Waals surface area contributed by atoms with E-state index in [0.717, 1.165) is 28.2 Å². The molecule has 0 spiro atoms. The zero-order valence-electron chi connectivity index (χ0n) is 10.4. The molecule has 0 atom stereocenters. The van der Waals surface area contributed by atoms with Crippen LogP contribution in [0.2, 0.25) is 0 Å². The molecule has 1 aromatic carbocycles. The molecule has 0 amide bonds. The van der Waals surface area contributed by atoms with Crippen molar-refractivity contribution < 1.29 is 15.4 Å². The second kappa shape index (κ2) is 8.52. The first-order valence-electron chi connectivity index (χ1n) is 5.30. The van der Waals surface area contributed by atoms with Crippen LogP contribution in [0.3, 0.4) is 0 Å². The minimum atomic E-state index is -0.950. The molecular weight excluding hydrogens is 348 g/mol. The molecule has 0 saturated carbocycles. The van der Waals surface area contributed by atoms with Gasteiger partial charge in [0.1, 0.15) is 0 Å². The first kappa shape index (κ1) is 18.4. The van der Waals surface area contributed by atoms with Gasteiger partial charge in [0.25, 0.3) is 0 Å². The average Bonchev–Trinajstić information content (AvgIpc) is 2.82. The lowest BCUT2D eigenvalue weighted by atomic mass is 10.1. The summed E-state index contributed by atoms with van der Waals surface area (Å²) >= 11 is 3.48. The van der Waals surface area contributed by atoms with E-state index in [1.165, 1.54) is 0 Å². The van der Waals surface area contributed by atoms with Crippen LogP contribution >= 0.6 is 28.3 Å². The lowest BCUT2D eigenvalue weighted by Crippen LogP contribution is -1.97. The fourth-order valence-corrected chi connectivity index (χ4v) is 2.06.